The zero-order chi connectivity index (χ0) is 19.2. The van der Waals surface area contributed by atoms with E-state index < -0.39 is 5.97 Å². The highest BCUT2D eigenvalue weighted by atomic mass is 35.5. The van der Waals surface area contributed by atoms with Crippen LogP contribution in [0.2, 0.25) is 0 Å². The Morgan fingerprint density at radius 3 is 2.46 bits per heavy atom. The number of carbonyl (C=O) groups is 2. The first-order chi connectivity index (χ1) is 13.1. The molecule has 0 bridgehead atoms. The van der Waals surface area contributed by atoms with Crippen molar-refractivity contribution in [2.75, 3.05) is 32.6 Å². The summed E-state index contributed by atoms with van der Waals surface area (Å²) < 4.78 is 5.44. The first-order valence-corrected chi connectivity index (χ1v) is 10.2. The van der Waals surface area contributed by atoms with Crippen molar-refractivity contribution in [1.82, 2.24) is 4.90 Å². The van der Waals surface area contributed by atoms with Crippen molar-refractivity contribution in [3.8, 4) is 10.4 Å². The molecule has 0 saturated heterocycles. The largest absolute Gasteiger partial charge is 0.461 e. The van der Waals surface area contributed by atoms with Crippen LogP contribution < -0.4 is 5.32 Å². The standard InChI is InChI=1S/C20H20N2O3S2.ClH/c1-22(2)10-11-25-20(24)17-15(16-9-6-12-26-16)13-27-19(17)21-18(23)14-7-4-3-5-8-14;/h3-9,12-13H,10-11H2,1-2H3,(H,21,23);1H. The molecule has 1 aromatic carbocycles. The number of hydrogen-bond donors (Lipinski definition) is 1. The minimum atomic E-state index is -0.426. The van der Waals surface area contributed by atoms with E-state index in [1.807, 2.05) is 48.0 Å². The van der Waals surface area contributed by atoms with Gasteiger partial charge in [-0.1, -0.05) is 24.3 Å². The Morgan fingerprint density at radius 1 is 1.07 bits per heavy atom. The molecule has 0 spiro atoms. The molecule has 8 heteroatoms. The number of halogens is 1. The van der Waals surface area contributed by atoms with Gasteiger partial charge in [0.2, 0.25) is 0 Å². The maximum atomic E-state index is 12.8. The van der Waals surface area contributed by atoms with Crippen LogP contribution in [0, 0.1) is 0 Å². The highest BCUT2D eigenvalue weighted by Gasteiger charge is 2.23. The number of hydrogen-bond acceptors (Lipinski definition) is 6. The average Bonchev–Trinajstić information content (AvgIpc) is 3.31. The minimum Gasteiger partial charge on any atom is -0.461 e. The maximum Gasteiger partial charge on any atom is 0.341 e. The van der Waals surface area contributed by atoms with Gasteiger partial charge in [0, 0.05) is 27.9 Å². The number of thiophene rings is 2. The van der Waals surface area contributed by atoms with Gasteiger partial charge in [-0.15, -0.1) is 35.1 Å². The molecule has 1 N–H and O–H groups in total. The van der Waals surface area contributed by atoms with Crippen LogP contribution in [0.5, 0.6) is 0 Å². The number of nitrogens with zero attached hydrogens (tertiary/aromatic N) is 1. The van der Waals surface area contributed by atoms with Crippen molar-refractivity contribution < 1.29 is 14.3 Å². The lowest BCUT2D eigenvalue weighted by atomic mass is 10.1. The summed E-state index contributed by atoms with van der Waals surface area (Å²) in [5.41, 5.74) is 1.73. The van der Waals surface area contributed by atoms with Crippen LogP contribution in [0.3, 0.4) is 0 Å². The third kappa shape index (κ3) is 5.42. The van der Waals surface area contributed by atoms with Gasteiger partial charge in [-0.3, -0.25) is 4.79 Å². The highest BCUT2D eigenvalue weighted by molar-refractivity contribution is 7.17. The van der Waals surface area contributed by atoms with E-state index in [0.29, 0.717) is 22.7 Å². The molecule has 2 heterocycles. The van der Waals surface area contributed by atoms with Crippen LogP contribution in [0.1, 0.15) is 20.7 Å². The summed E-state index contributed by atoms with van der Waals surface area (Å²) in [4.78, 5) is 28.2. The molecular weight excluding hydrogens is 416 g/mol. The van der Waals surface area contributed by atoms with Gasteiger partial charge in [0.25, 0.3) is 5.91 Å². The van der Waals surface area contributed by atoms with Crippen molar-refractivity contribution >= 4 is 52.0 Å². The van der Waals surface area contributed by atoms with Crippen LogP contribution >= 0.6 is 35.1 Å². The van der Waals surface area contributed by atoms with Crippen LogP contribution in [-0.2, 0) is 4.74 Å². The maximum absolute atomic E-state index is 12.8. The molecular formula is C20H21ClN2O3S2. The monoisotopic (exact) mass is 436 g/mol. The summed E-state index contributed by atoms with van der Waals surface area (Å²) in [6, 6.07) is 12.8. The Labute approximate surface area is 178 Å². The number of esters is 1. The molecule has 1 amide bonds. The molecule has 0 fully saturated rings. The Kier molecular flexibility index (Phi) is 8.19. The summed E-state index contributed by atoms with van der Waals surface area (Å²) in [7, 11) is 3.84. The molecule has 28 heavy (non-hydrogen) atoms. The Balaban J connectivity index is 0.00000280. The quantitative estimate of drug-likeness (QED) is 0.537. The predicted octanol–water partition coefficient (Wildman–Crippen LogP) is 4.87. The average molecular weight is 437 g/mol. The van der Waals surface area contributed by atoms with E-state index in [9.17, 15) is 9.59 Å². The van der Waals surface area contributed by atoms with E-state index in [1.165, 1.54) is 11.3 Å². The van der Waals surface area contributed by atoms with Gasteiger partial charge in [-0.25, -0.2) is 4.79 Å². The van der Waals surface area contributed by atoms with E-state index in [4.69, 9.17) is 4.74 Å². The predicted molar refractivity (Wildman–Crippen MR) is 118 cm³/mol. The number of amides is 1. The third-order valence-electron chi connectivity index (χ3n) is 3.82. The van der Waals surface area contributed by atoms with Crippen LogP contribution in [0.15, 0.2) is 53.2 Å². The van der Waals surface area contributed by atoms with Crippen molar-refractivity contribution in [1.29, 1.82) is 0 Å². The van der Waals surface area contributed by atoms with Gasteiger partial charge in [0.1, 0.15) is 17.2 Å². The summed E-state index contributed by atoms with van der Waals surface area (Å²) in [5.74, 6) is -0.678. The first-order valence-electron chi connectivity index (χ1n) is 8.40. The first kappa shape index (κ1) is 22.1. The summed E-state index contributed by atoms with van der Waals surface area (Å²) in [6.45, 7) is 0.924. The molecule has 0 aliphatic carbocycles. The fourth-order valence-corrected chi connectivity index (χ4v) is 4.19. The minimum absolute atomic E-state index is 0. The number of rotatable bonds is 7. The van der Waals surface area contributed by atoms with Crippen molar-refractivity contribution in [3.05, 3.63) is 64.4 Å². The molecule has 0 aliphatic heterocycles. The van der Waals surface area contributed by atoms with E-state index in [1.54, 1.807) is 35.6 Å². The van der Waals surface area contributed by atoms with Crippen molar-refractivity contribution in [3.63, 3.8) is 0 Å². The van der Waals surface area contributed by atoms with Gasteiger partial charge in [-0.05, 0) is 37.7 Å². The number of nitrogens with one attached hydrogen (secondary N) is 1. The van der Waals surface area contributed by atoms with Gasteiger partial charge in [0.05, 0.1) is 0 Å². The molecule has 148 valence electrons. The molecule has 2 aromatic heterocycles. The lowest BCUT2D eigenvalue weighted by Gasteiger charge is -2.12. The second kappa shape index (κ2) is 10.4. The number of benzene rings is 1. The molecule has 0 saturated carbocycles. The zero-order valence-electron chi connectivity index (χ0n) is 15.5. The number of likely N-dealkylation sites (N-methyl/N-ethyl adjacent to an activating group) is 1. The SMILES string of the molecule is CN(C)CCOC(=O)c1c(-c2cccs2)csc1NC(=O)c1ccccc1.Cl. The molecule has 0 radical (unpaired) electrons. The fraction of sp³-hybridized carbons (Fsp3) is 0.200. The fourth-order valence-electron chi connectivity index (χ4n) is 2.42. The van der Waals surface area contributed by atoms with Gasteiger partial charge >= 0.3 is 5.97 Å². The smallest absolute Gasteiger partial charge is 0.341 e. The van der Waals surface area contributed by atoms with E-state index in [-0.39, 0.29) is 24.9 Å². The van der Waals surface area contributed by atoms with E-state index in [0.717, 1.165) is 10.4 Å². The lowest BCUT2D eigenvalue weighted by molar-refractivity contribution is 0.0484. The van der Waals surface area contributed by atoms with E-state index in [2.05, 4.69) is 5.32 Å². The van der Waals surface area contributed by atoms with Crippen LogP contribution in [0.25, 0.3) is 10.4 Å². The second-order valence-electron chi connectivity index (χ2n) is 6.09. The van der Waals surface area contributed by atoms with Gasteiger partial charge in [0.15, 0.2) is 0 Å². The molecule has 0 atom stereocenters. The third-order valence-corrected chi connectivity index (χ3v) is 5.62. The highest BCUT2D eigenvalue weighted by Crippen LogP contribution is 2.38. The number of ether oxygens (including phenoxy) is 1. The van der Waals surface area contributed by atoms with Crippen molar-refractivity contribution in [2.45, 2.75) is 0 Å². The molecule has 5 nitrogen and oxygen atoms in total. The van der Waals surface area contributed by atoms with Gasteiger partial charge in [-0.2, -0.15) is 0 Å². The summed E-state index contributed by atoms with van der Waals surface area (Å²) in [5, 5.41) is 7.20. The Bertz CT molecular complexity index is 909. The zero-order valence-corrected chi connectivity index (χ0v) is 18.0. The van der Waals surface area contributed by atoms with E-state index >= 15 is 0 Å². The Morgan fingerprint density at radius 2 is 1.82 bits per heavy atom. The number of carbonyl (C=O) groups excluding carboxylic acids is 2. The van der Waals surface area contributed by atoms with Gasteiger partial charge < -0.3 is 15.0 Å². The van der Waals surface area contributed by atoms with Crippen molar-refractivity contribution in [2.24, 2.45) is 0 Å². The summed E-state index contributed by atoms with van der Waals surface area (Å²) >= 11 is 2.87. The second-order valence-corrected chi connectivity index (χ2v) is 7.92. The lowest BCUT2D eigenvalue weighted by Crippen LogP contribution is -2.21. The molecule has 0 aliphatic rings. The normalized spacial score (nSPS) is 10.4. The molecule has 3 rings (SSSR count). The summed E-state index contributed by atoms with van der Waals surface area (Å²) in [6.07, 6.45) is 0. The molecule has 3 aromatic rings. The molecule has 0 unspecified atom stereocenters. The number of anilines is 1. The van der Waals surface area contributed by atoms with Crippen LogP contribution in [-0.4, -0.2) is 44.0 Å². The van der Waals surface area contributed by atoms with Crippen LogP contribution in [0.4, 0.5) is 5.00 Å². The Hall–Kier alpha value is -2.19. The topological polar surface area (TPSA) is 58.6 Å².